The van der Waals surface area contributed by atoms with Crippen molar-refractivity contribution >= 4 is 28.2 Å². The Labute approximate surface area is 145 Å². The van der Waals surface area contributed by atoms with Crippen LogP contribution in [0.25, 0.3) is 10.9 Å². The number of methoxy groups -OCH3 is 1. The number of amides is 1. The van der Waals surface area contributed by atoms with Crippen molar-refractivity contribution in [3.05, 3.63) is 64.4 Å². The number of ether oxygens (including phenoxy) is 1. The fourth-order valence-electron chi connectivity index (χ4n) is 2.65. The first-order valence-electron chi connectivity index (χ1n) is 7.80. The molecule has 1 amide bonds. The zero-order valence-electron chi connectivity index (χ0n) is 14.3. The van der Waals surface area contributed by atoms with Gasteiger partial charge in [-0.05, 0) is 47.9 Å². The Morgan fingerprint density at radius 2 is 1.72 bits per heavy atom. The molecule has 1 aromatic heterocycles. The number of fused-ring (bicyclic) bond motifs is 1. The molecule has 2 N–H and O–H groups in total. The van der Waals surface area contributed by atoms with Crippen LogP contribution in [-0.4, -0.2) is 24.6 Å². The highest BCUT2D eigenvalue weighted by Crippen LogP contribution is 2.19. The Balaban J connectivity index is 1.98. The van der Waals surface area contributed by atoms with E-state index >= 15 is 0 Å². The molecule has 3 rings (SSSR count). The highest BCUT2D eigenvalue weighted by Gasteiger charge is 2.14. The van der Waals surface area contributed by atoms with Crippen molar-refractivity contribution in [3.63, 3.8) is 0 Å². The van der Waals surface area contributed by atoms with Crippen LogP contribution in [0.15, 0.2) is 53.3 Å². The third-order valence-corrected chi connectivity index (χ3v) is 4.11. The average molecular weight is 337 g/mol. The zero-order chi connectivity index (χ0) is 18.0. The summed E-state index contributed by atoms with van der Waals surface area (Å²) in [5, 5.41) is 6.61. The summed E-state index contributed by atoms with van der Waals surface area (Å²) >= 11 is 0. The van der Waals surface area contributed by atoms with E-state index in [0.717, 1.165) is 16.6 Å². The summed E-state index contributed by atoms with van der Waals surface area (Å²) in [5.74, 6) is 0.255. The van der Waals surface area contributed by atoms with Crippen LogP contribution in [0.5, 0.6) is 5.75 Å². The Hall–Kier alpha value is -3.28. The third-order valence-electron chi connectivity index (χ3n) is 4.11. The summed E-state index contributed by atoms with van der Waals surface area (Å²) < 4.78 is 6.57. The predicted octanol–water partition coefficient (Wildman–Crippen LogP) is 2.84. The van der Waals surface area contributed by atoms with Crippen molar-refractivity contribution in [2.75, 3.05) is 24.8 Å². The summed E-state index contributed by atoms with van der Waals surface area (Å²) in [5.41, 5.74) is 2.02. The molecule has 128 valence electrons. The lowest BCUT2D eigenvalue weighted by atomic mass is 10.1. The number of benzene rings is 2. The van der Waals surface area contributed by atoms with Gasteiger partial charge in [0.05, 0.1) is 12.6 Å². The molecule has 1 heterocycles. The van der Waals surface area contributed by atoms with Gasteiger partial charge in [0.15, 0.2) is 0 Å². The van der Waals surface area contributed by atoms with Crippen LogP contribution in [-0.2, 0) is 7.05 Å². The molecule has 0 atom stereocenters. The Morgan fingerprint density at radius 1 is 1.04 bits per heavy atom. The van der Waals surface area contributed by atoms with E-state index in [-0.39, 0.29) is 11.1 Å². The number of carbonyl (C=O) groups excluding carboxylic acids is 1. The summed E-state index contributed by atoms with van der Waals surface area (Å²) in [6.07, 6.45) is 0. The van der Waals surface area contributed by atoms with Crippen molar-refractivity contribution in [2.24, 2.45) is 7.05 Å². The van der Waals surface area contributed by atoms with Gasteiger partial charge in [-0.2, -0.15) is 0 Å². The lowest BCUT2D eigenvalue weighted by Crippen LogP contribution is -2.27. The fraction of sp³-hybridized carbons (Fsp3) is 0.158. The monoisotopic (exact) mass is 337 g/mol. The number of nitrogens with one attached hydrogen (secondary N) is 2. The molecule has 0 radical (unpaired) electrons. The number of rotatable bonds is 4. The predicted molar refractivity (Wildman–Crippen MR) is 99.7 cm³/mol. The number of aryl methyl sites for hydroxylation is 1. The van der Waals surface area contributed by atoms with Crippen molar-refractivity contribution in [1.29, 1.82) is 0 Å². The molecular weight excluding hydrogens is 318 g/mol. The average Bonchev–Trinajstić information content (AvgIpc) is 2.64. The van der Waals surface area contributed by atoms with Gasteiger partial charge < -0.3 is 19.9 Å². The van der Waals surface area contributed by atoms with Crippen molar-refractivity contribution < 1.29 is 9.53 Å². The number of carbonyl (C=O) groups is 1. The molecule has 0 aliphatic carbocycles. The quantitative estimate of drug-likeness (QED) is 0.768. The van der Waals surface area contributed by atoms with Gasteiger partial charge in [0.1, 0.15) is 11.3 Å². The van der Waals surface area contributed by atoms with Crippen LogP contribution in [0.3, 0.4) is 0 Å². The summed E-state index contributed by atoms with van der Waals surface area (Å²) in [6.45, 7) is 0. The van der Waals surface area contributed by atoms with E-state index < -0.39 is 5.91 Å². The first-order chi connectivity index (χ1) is 12.0. The van der Waals surface area contributed by atoms with Crippen LogP contribution in [0.4, 0.5) is 11.4 Å². The molecule has 0 saturated heterocycles. The topological polar surface area (TPSA) is 72.4 Å². The lowest BCUT2D eigenvalue weighted by Gasteiger charge is -2.11. The lowest BCUT2D eigenvalue weighted by molar-refractivity contribution is 0.102. The minimum atomic E-state index is -0.439. The van der Waals surface area contributed by atoms with Crippen LogP contribution in [0, 0.1) is 0 Å². The molecule has 0 fully saturated rings. The smallest absolute Gasteiger partial charge is 0.263 e. The fourth-order valence-corrected chi connectivity index (χ4v) is 2.65. The Kier molecular flexibility index (Phi) is 4.43. The van der Waals surface area contributed by atoms with Gasteiger partial charge in [0, 0.05) is 25.5 Å². The van der Waals surface area contributed by atoms with Crippen LogP contribution in [0.1, 0.15) is 10.4 Å². The molecule has 0 aliphatic heterocycles. The number of aromatic nitrogens is 1. The molecule has 0 unspecified atom stereocenters. The molecule has 0 aliphatic rings. The van der Waals surface area contributed by atoms with Gasteiger partial charge in [-0.15, -0.1) is 0 Å². The third kappa shape index (κ3) is 3.19. The molecule has 0 spiro atoms. The Bertz CT molecular complexity index is 991. The largest absolute Gasteiger partial charge is 0.497 e. The molecule has 0 bridgehead atoms. The van der Waals surface area contributed by atoms with Crippen molar-refractivity contribution in [2.45, 2.75) is 0 Å². The van der Waals surface area contributed by atoms with Gasteiger partial charge >= 0.3 is 0 Å². The number of nitrogens with zero attached hydrogens (tertiary/aromatic N) is 1. The minimum Gasteiger partial charge on any atom is -0.497 e. The van der Waals surface area contributed by atoms with Gasteiger partial charge in [-0.25, -0.2) is 0 Å². The first-order valence-corrected chi connectivity index (χ1v) is 7.80. The standard InChI is InChI=1S/C19H19N3O3/c1-20-14-5-4-12-10-16(19(24)22(2)17(12)11-14)18(23)21-13-6-8-15(25-3)9-7-13/h4-11,20H,1-3H3,(H,21,23). The number of hydrogen-bond donors (Lipinski definition) is 2. The molecule has 3 aromatic rings. The van der Waals surface area contributed by atoms with Crippen LogP contribution < -0.4 is 20.9 Å². The molecule has 6 nitrogen and oxygen atoms in total. The van der Waals surface area contributed by atoms with Gasteiger partial charge in [-0.1, -0.05) is 6.07 Å². The molecule has 2 aromatic carbocycles. The number of pyridine rings is 1. The SMILES string of the molecule is CNc1ccc2cc(C(=O)Nc3ccc(OC)cc3)c(=O)n(C)c2c1. The maximum absolute atomic E-state index is 12.6. The highest BCUT2D eigenvalue weighted by atomic mass is 16.5. The molecule has 6 heteroatoms. The van der Waals surface area contributed by atoms with E-state index in [1.54, 1.807) is 44.5 Å². The highest BCUT2D eigenvalue weighted by molar-refractivity contribution is 6.06. The van der Waals surface area contributed by atoms with Crippen molar-refractivity contribution in [3.8, 4) is 5.75 Å². The van der Waals surface area contributed by atoms with E-state index in [2.05, 4.69) is 10.6 Å². The first kappa shape index (κ1) is 16.6. The number of hydrogen-bond acceptors (Lipinski definition) is 4. The summed E-state index contributed by atoms with van der Waals surface area (Å²) in [4.78, 5) is 25.1. The summed E-state index contributed by atoms with van der Waals surface area (Å²) in [6, 6.07) is 14.2. The van der Waals surface area contributed by atoms with E-state index in [9.17, 15) is 9.59 Å². The molecular formula is C19H19N3O3. The maximum Gasteiger partial charge on any atom is 0.263 e. The summed E-state index contributed by atoms with van der Waals surface area (Å²) in [7, 11) is 5.05. The van der Waals surface area contributed by atoms with Crippen LogP contribution in [0.2, 0.25) is 0 Å². The van der Waals surface area contributed by atoms with Crippen molar-refractivity contribution in [1.82, 2.24) is 4.57 Å². The van der Waals surface area contributed by atoms with E-state index in [1.807, 2.05) is 25.2 Å². The molecule has 25 heavy (non-hydrogen) atoms. The second-order valence-electron chi connectivity index (χ2n) is 5.63. The van der Waals surface area contributed by atoms with E-state index in [1.165, 1.54) is 4.57 Å². The van der Waals surface area contributed by atoms with Gasteiger partial charge in [0.2, 0.25) is 0 Å². The Morgan fingerprint density at radius 3 is 2.36 bits per heavy atom. The van der Waals surface area contributed by atoms with E-state index in [0.29, 0.717) is 11.4 Å². The maximum atomic E-state index is 12.6. The normalized spacial score (nSPS) is 10.5. The second kappa shape index (κ2) is 6.68. The second-order valence-corrected chi connectivity index (χ2v) is 5.63. The minimum absolute atomic E-state index is 0.100. The van der Waals surface area contributed by atoms with Gasteiger partial charge in [0.25, 0.3) is 11.5 Å². The zero-order valence-corrected chi connectivity index (χ0v) is 14.3. The number of anilines is 2. The molecule has 0 saturated carbocycles. The van der Waals surface area contributed by atoms with Crippen LogP contribution >= 0.6 is 0 Å². The van der Waals surface area contributed by atoms with Gasteiger partial charge in [-0.3, -0.25) is 9.59 Å². The van der Waals surface area contributed by atoms with E-state index in [4.69, 9.17) is 4.74 Å².